The molecule has 1 aromatic heterocycles. The van der Waals surface area contributed by atoms with Crippen molar-refractivity contribution in [3.63, 3.8) is 0 Å². The van der Waals surface area contributed by atoms with Crippen molar-refractivity contribution in [3.05, 3.63) is 34.9 Å². The smallest absolute Gasteiger partial charge is 0.303 e. The molecule has 0 radical (unpaired) electrons. The lowest BCUT2D eigenvalue weighted by Crippen LogP contribution is -2.28. The molecule has 6 heteroatoms. The number of aromatic nitrogens is 1. The molecule has 0 fully saturated rings. The van der Waals surface area contributed by atoms with Crippen LogP contribution in [0.25, 0.3) is 10.9 Å². The molecular weight excluding hydrogens is 348 g/mol. The Balaban J connectivity index is 1.75. The van der Waals surface area contributed by atoms with E-state index in [9.17, 15) is 9.59 Å². The topological polar surface area (TPSA) is 71.3 Å². The Bertz CT molecular complexity index is 666. The van der Waals surface area contributed by atoms with E-state index in [2.05, 4.69) is 21.2 Å². The number of fused-ring (bicyclic) bond motifs is 1. The lowest BCUT2D eigenvalue weighted by Gasteiger charge is -2.07. The summed E-state index contributed by atoms with van der Waals surface area (Å²) < 4.78 is 2.94. The molecule has 0 unspecified atom stereocenters. The fraction of sp³-hybridized carbons (Fsp3) is 0.375. The number of unbranched alkanes of at least 4 members (excludes halogenated alkanes) is 2. The molecular formula is C16H19BrN2O3. The van der Waals surface area contributed by atoms with E-state index in [-0.39, 0.29) is 12.3 Å². The number of carbonyl (C=O) groups excluding carboxylic acids is 1. The minimum atomic E-state index is -0.768. The molecule has 0 spiro atoms. The van der Waals surface area contributed by atoms with Gasteiger partial charge in [0, 0.05) is 34.5 Å². The number of nitrogens with zero attached hydrogens (tertiary/aromatic N) is 1. The Morgan fingerprint density at radius 2 is 2.00 bits per heavy atom. The highest BCUT2D eigenvalue weighted by Crippen LogP contribution is 2.20. The van der Waals surface area contributed by atoms with Crippen molar-refractivity contribution < 1.29 is 14.7 Å². The summed E-state index contributed by atoms with van der Waals surface area (Å²) in [5, 5.41) is 12.5. The maximum atomic E-state index is 11.9. The SMILES string of the molecule is O=C(O)CCCCCNC(=O)Cn1ccc2cc(Br)ccc21. The summed E-state index contributed by atoms with van der Waals surface area (Å²) >= 11 is 3.43. The third-order valence-corrected chi connectivity index (χ3v) is 3.93. The number of carboxylic acids is 1. The molecule has 22 heavy (non-hydrogen) atoms. The summed E-state index contributed by atoms with van der Waals surface area (Å²) in [7, 11) is 0. The van der Waals surface area contributed by atoms with Gasteiger partial charge in [-0.3, -0.25) is 9.59 Å². The number of halogens is 1. The van der Waals surface area contributed by atoms with Crippen LogP contribution in [0.2, 0.25) is 0 Å². The number of hydrogen-bond acceptors (Lipinski definition) is 2. The van der Waals surface area contributed by atoms with Gasteiger partial charge in [-0.1, -0.05) is 22.4 Å². The number of nitrogens with one attached hydrogen (secondary N) is 1. The van der Waals surface area contributed by atoms with E-state index in [4.69, 9.17) is 5.11 Å². The first-order valence-corrected chi connectivity index (χ1v) is 8.08. The highest BCUT2D eigenvalue weighted by Gasteiger charge is 2.06. The molecule has 0 atom stereocenters. The van der Waals surface area contributed by atoms with Crippen molar-refractivity contribution in [2.24, 2.45) is 0 Å². The summed E-state index contributed by atoms with van der Waals surface area (Å²) in [5.41, 5.74) is 1.03. The van der Waals surface area contributed by atoms with Gasteiger partial charge in [0.2, 0.25) is 5.91 Å². The van der Waals surface area contributed by atoms with E-state index < -0.39 is 5.97 Å². The van der Waals surface area contributed by atoms with Crippen molar-refractivity contribution in [2.45, 2.75) is 32.2 Å². The quantitative estimate of drug-likeness (QED) is 0.704. The third-order valence-electron chi connectivity index (χ3n) is 3.44. The first kappa shape index (κ1) is 16.5. The van der Waals surface area contributed by atoms with Crippen LogP contribution < -0.4 is 5.32 Å². The Hall–Kier alpha value is -1.82. The van der Waals surface area contributed by atoms with Gasteiger partial charge < -0.3 is 15.0 Å². The molecule has 0 saturated heterocycles. The summed E-state index contributed by atoms with van der Waals surface area (Å²) in [6.45, 7) is 0.878. The second-order valence-electron chi connectivity index (χ2n) is 5.20. The van der Waals surface area contributed by atoms with E-state index >= 15 is 0 Å². The normalized spacial score (nSPS) is 10.8. The number of hydrogen-bond donors (Lipinski definition) is 2. The molecule has 0 aliphatic heterocycles. The predicted molar refractivity (Wildman–Crippen MR) is 88.8 cm³/mol. The highest BCUT2D eigenvalue weighted by molar-refractivity contribution is 9.10. The molecule has 2 rings (SSSR count). The fourth-order valence-electron chi connectivity index (χ4n) is 2.33. The number of aliphatic carboxylic acids is 1. The summed E-state index contributed by atoms with van der Waals surface area (Å²) in [6.07, 6.45) is 4.37. The molecule has 0 saturated carbocycles. The van der Waals surface area contributed by atoms with Crippen molar-refractivity contribution in [1.29, 1.82) is 0 Å². The van der Waals surface area contributed by atoms with Crippen LogP contribution in [0.15, 0.2) is 34.9 Å². The van der Waals surface area contributed by atoms with Crippen molar-refractivity contribution >= 4 is 38.7 Å². The van der Waals surface area contributed by atoms with Gasteiger partial charge in [-0.2, -0.15) is 0 Å². The minimum absolute atomic E-state index is 0.0290. The van der Waals surface area contributed by atoms with Crippen LogP contribution in [-0.4, -0.2) is 28.1 Å². The van der Waals surface area contributed by atoms with Crippen LogP contribution in [0.1, 0.15) is 25.7 Å². The van der Waals surface area contributed by atoms with Crippen molar-refractivity contribution in [2.75, 3.05) is 6.54 Å². The first-order chi connectivity index (χ1) is 10.6. The van der Waals surface area contributed by atoms with Crippen LogP contribution in [0, 0.1) is 0 Å². The monoisotopic (exact) mass is 366 g/mol. The second kappa shape index (κ2) is 7.98. The largest absolute Gasteiger partial charge is 0.481 e. The van der Waals surface area contributed by atoms with Gasteiger partial charge in [-0.25, -0.2) is 0 Å². The van der Waals surface area contributed by atoms with E-state index in [1.807, 2.05) is 35.0 Å². The van der Waals surface area contributed by atoms with Gasteiger partial charge in [0.05, 0.1) is 0 Å². The van der Waals surface area contributed by atoms with Crippen molar-refractivity contribution in [1.82, 2.24) is 9.88 Å². The summed E-state index contributed by atoms with van der Waals surface area (Å²) in [4.78, 5) is 22.3. The standard InChI is InChI=1S/C16H19BrN2O3/c17-13-5-6-14-12(10-13)7-9-19(14)11-15(20)18-8-3-1-2-4-16(21)22/h5-7,9-10H,1-4,8,11H2,(H,18,20)(H,21,22). The third kappa shape index (κ3) is 4.87. The van der Waals surface area contributed by atoms with E-state index in [1.165, 1.54) is 0 Å². The Kier molecular flexibility index (Phi) is 6.00. The van der Waals surface area contributed by atoms with Gasteiger partial charge in [0.25, 0.3) is 0 Å². The molecule has 0 aliphatic carbocycles. The van der Waals surface area contributed by atoms with Crippen LogP contribution in [-0.2, 0) is 16.1 Å². The number of amides is 1. The molecule has 5 nitrogen and oxygen atoms in total. The molecule has 1 amide bonds. The van der Waals surface area contributed by atoms with Gasteiger partial charge in [-0.15, -0.1) is 0 Å². The molecule has 2 aromatic rings. The summed E-state index contributed by atoms with van der Waals surface area (Å²) in [6, 6.07) is 7.95. The number of carboxylic acid groups (broad SMARTS) is 1. The zero-order valence-electron chi connectivity index (χ0n) is 12.2. The maximum Gasteiger partial charge on any atom is 0.303 e. The first-order valence-electron chi connectivity index (χ1n) is 7.29. The van der Waals surface area contributed by atoms with Crippen molar-refractivity contribution in [3.8, 4) is 0 Å². The van der Waals surface area contributed by atoms with Gasteiger partial charge in [0.1, 0.15) is 6.54 Å². The maximum absolute atomic E-state index is 11.9. The van der Waals surface area contributed by atoms with Crippen LogP contribution in [0.3, 0.4) is 0 Å². The number of benzene rings is 1. The van der Waals surface area contributed by atoms with Crippen LogP contribution >= 0.6 is 15.9 Å². The Labute approximate surface area is 137 Å². The molecule has 0 aliphatic rings. The van der Waals surface area contributed by atoms with Crippen LogP contribution in [0.4, 0.5) is 0 Å². The fourth-order valence-corrected chi connectivity index (χ4v) is 2.70. The molecule has 2 N–H and O–H groups in total. The molecule has 0 bridgehead atoms. The lowest BCUT2D eigenvalue weighted by atomic mass is 10.2. The van der Waals surface area contributed by atoms with E-state index in [0.717, 1.165) is 28.2 Å². The number of rotatable bonds is 8. The molecule has 1 heterocycles. The summed E-state index contributed by atoms with van der Waals surface area (Å²) in [5.74, 6) is -0.797. The second-order valence-corrected chi connectivity index (χ2v) is 6.12. The zero-order valence-corrected chi connectivity index (χ0v) is 13.8. The molecule has 118 valence electrons. The predicted octanol–water partition coefficient (Wildman–Crippen LogP) is 3.17. The zero-order chi connectivity index (χ0) is 15.9. The van der Waals surface area contributed by atoms with E-state index in [1.54, 1.807) is 0 Å². The van der Waals surface area contributed by atoms with Gasteiger partial charge in [-0.05, 0) is 37.1 Å². The van der Waals surface area contributed by atoms with Crippen LogP contribution in [0.5, 0.6) is 0 Å². The molecule has 1 aromatic carbocycles. The van der Waals surface area contributed by atoms with E-state index in [0.29, 0.717) is 19.5 Å². The lowest BCUT2D eigenvalue weighted by molar-refractivity contribution is -0.137. The highest BCUT2D eigenvalue weighted by atomic mass is 79.9. The minimum Gasteiger partial charge on any atom is -0.481 e. The van der Waals surface area contributed by atoms with Gasteiger partial charge in [0.15, 0.2) is 0 Å². The average Bonchev–Trinajstić information content (AvgIpc) is 2.84. The number of carbonyl (C=O) groups is 2. The average molecular weight is 367 g/mol. The Morgan fingerprint density at radius 3 is 2.77 bits per heavy atom. The van der Waals surface area contributed by atoms with Gasteiger partial charge >= 0.3 is 5.97 Å². The Morgan fingerprint density at radius 1 is 1.18 bits per heavy atom.